The molecule has 0 fully saturated rings. The third kappa shape index (κ3) is 1.49. The summed E-state index contributed by atoms with van der Waals surface area (Å²) in [5.41, 5.74) is 0.680. The molecule has 0 saturated heterocycles. The zero-order valence-corrected chi connectivity index (χ0v) is 8.54. The Morgan fingerprint density at radius 2 is 2.15 bits per heavy atom. The molecule has 0 spiro atoms. The highest BCUT2D eigenvalue weighted by atomic mass is 35.5. The summed E-state index contributed by atoms with van der Waals surface area (Å²) in [6, 6.07) is 5.31. The minimum Gasteiger partial charge on any atom is -0.226 e. The van der Waals surface area contributed by atoms with Crippen LogP contribution in [0.4, 0.5) is 0 Å². The van der Waals surface area contributed by atoms with E-state index in [1.807, 2.05) is 6.07 Å². The number of aromatic nitrogens is 1. The third-order valence-corrected chi connectivity index (χ3v) is 3.14. The Hall–Kier alpha value is -0.820. The number of nitrogens with zero attached hydrogens (tertiary/aromatic N) is 2. The van der Waals surface area contributed by atoms with Crippen molar-refractivity contribution in [3.8, 4) is 6.07 Å². The number of thiazole rings is 1. The Morgan fingerprint density at radius 1 is 1.38 bits per heavy atom. The van der Waals surface area contributed by atoms with Crippen LogP contribution in [0.5, 0.6) is 0 Å². The number of nitriles is 1. The van der Waals surface area contributed by atoms with Gasteiger partial charge in [0.15, 0.2) is 5.01 Å². The molecule has 1 aromatic heterocycles. The van der Waals surface area contributed by atoms with Crippen molar-refractivity contribution >= 4 is 44.8 Å². The lowest BCUT2D eigenvalue weighted by molar-refractivity contribution is 1.40. The van der Waals surface area contributed by atoms with Crippen LogP contribution in [-0.4, -0.2) is 4.98 Å². The van der Waals surface area contributed by atoms with Gasteiger partial charge in [-0.2, -0.15) is 5.26 Å². The Kier molecular flexibility index (Phi) is 2.12. The molecule has 0 radical (unpaired) electrons. The van der Waals surface area contributed by atoms with Crippen molar-refractivity contribution in [2.24, 2.45) is 0 Å². The number of benzene rings is 1. The van der Waals surface area contributed by atoms with Gasteiger partial charge in [-0.05, 0) is 12.1 Å². The fraction of sp³-hybridized carbons (Fsp3) is 0. The minimum absolute atomic E-state index is 0.402. The van der Waals surface area contributed by atoms with Crippen molar-refractivity contribution < 1.29 is 0 Å². The van der Waals surface area contributed by atoms with E-state index in [0.29, 0.717) is 20.6 Å². The molecule has 1 heterocycles. The molecule has 2 nitrogen and oxygen atoms in total. The molecule has 2 aromatic rings. The van der Waals surface area contributed by atoms with E-state index >= 15 is 0 Å². The van der Waals surface area contributed by atoms with Gasteiger partial charge in [-0.3, -0.25) is 0 Å². The Morgan fingerprint density at radius 3 is 2.85 bits per heavy atom. The normalized spacial score (nSPS) is 10.2. The molecule has 13 heavy (non-hydrogen) atoms. The average molecular weight is 229 g/mol. The lowest BCUT2D eigenvalue weighted by Crippen LogP contribution is -1.71. The highest BCUT2D eigenvalue weighted by Crippen LogP contribution is 2.31. The van der Waals surface area contributed by atoms with Crippen molar-refractivity contribution in [2.75, 3.05) is 0 Å². The lowest BCUT2D eigenvalue weighted by Gasteiger charge is -1.92. The molecule has 0 atom stereocenters. The Balaban J connectivity index is 2.84. The first-order valence-electron chi connectivity index (χ1n) is 3.36. The number of halogens is 2. The molecule has 0 N–H and O–H groups in total. The van der Waals surface area contributed by atoms with E-state index < -0.39 is 0 Å². The molecular formula is C8H2Cl2N2S. The van der Waals surface area contributed by atoms with Crippen molar-refractivity contribution in [1.29, 1.82) is 5.26 Å². The summed E-state index contributed by atoms with van der Waals surface area (Å²) in [5, 5.41) is 10.1. The van der Waals surface area contributed by atoms with Crippen molar-refractivity contribution in [2.45, 2.75) is 0 Å². The average Bonchev–Trinajstić information content (AvgIpc) is 2.47. The molecule has 0 aliphatic carbocycles. The van der Waals surface area contributed by atoms with Crippen LogP contribution >= 0.6 is 34.5 Å². The number of hydrogen-bond acceptors (Lipinski definition) is 3. The molecule has 0 unspecified atom stereocenters. The summed E-state index contributed by atoms with van der Waals surface area (Å²) in [6.07, 6.45) is 0. The van der Waals surface area contributed by atoms with E-state index in [2.05, 4.69) is 4.98 Å². The second kappa shape index (κ2) is 3.15. The summed E-state index contributed by atoms with van der Waals surface area (Å²) in [6.45, 7) is 0. The molecule has 0 aliphatic rings. The van der Waals surface area contributed by atoms with Gasteiger partial charge in [-0.25, -0.2) is 4.98 Å². The molecule has 0 aliphatic heterocycles. The number of hydrogen-bond donors (Lipinski definition) is 0. The summed E-state index contributed by atoms with van der Waals surface area (Å²) in [5.74, 6) is 0. The maximum absolute atomic E-state index is 8.62. The SMILES string of the molecule is N#Cc1nc2cc(Cl)cc(Cl)c2s1. The standard InChI is InChI=1S/C8H2Cl2N2S/c9-4-1-5(10)8-6(2-4)12-7(3-11)13-8/h1-2H. The molecule has 1 aromatic carbocycles. The van der Waals surface area contributed by atoms with Gasteiger partial charge < -0.3 is 0 Å². The highest BCUT2D eigenvalue weighted by molar-refractivity contribution is 7.19. The molecule has 0 bridgehead atoms. The summed E-state index contributed by atoms with van der Waals surface area (Å²) in [7, 11) is 0. The van der Waals surface area contributed by atoms with E-state index in [9.17, 15) is 0 Å². The van der Waals surface area contributed by atoms with Crippen LogP contribution in [0.15, 0.2) is 12.1 Å². The van der Waals surface area contributed by atoms with E-state index in [1.165, 1.54) is 11.3 Å². The molecule has 5 heteroatoms. The molecule has 0 saturated carbocycles. The number of rotatable bonds is 0. The van der Waals surface area contributed by atoms with Crippen LogP contribution < -0.4 is 0 Å². The van der Waals surface area contributed by atoms with Crippen LogP contribution in [0.2, 0.25) is 10.0 Å². The van der Waals surface area contributed by atoms with Gasteiger partial charge >= 0.3 is 0 Å². The molecule has 64 valence electrons. The van der Waals surface area contributed by atoms with Crippen LogP contribution in [-0.2, 0) is 0 Å². The summed E-state index contributed by atoms with van der Waals surface area (Å²) >= 11 is 13.0. The monoisotopic (exact) mass is 228 g/mol. The zero-order valence-electron chi connectivity index (χ0n) is 6.21. The van der Waals surface area contributed by atoms with E-state index in [0.717, 1.165) is 4.70 Å². The topological polar surface area (TPSA) is 36.7 Å². The van der Waals surface area contributed by atoms with Crippen molar-refractivity contribution in [3.05, 3.63) is 27.2 Å². The summed E-state index contributed by atoms with van der Waals surface area (Å²) < 4.78 is 0.808. The zero-order chi connectivity index (χ0) is 9.42. The third-order valence-electron chi connectivity index (χ3n) is 1.51. The van der Waals surface area contributed by atoms with Crippen LogP contribution in [0.25, 0.3) is 10.2 Å². The fourth-order valence-corrected chi connectivity index (χ4v) is 2.35. The first-order chi connectivity index (χ1) is 6.20. The van der Waals surface area contributed by atoms with Crippen LogP contribution in [0, 0.1) is 11.3 Å². The van der Waals surface area contributed by atoms with Gasteiger partial charge in [-0.1, -0.05) is 23.2 Å². The second-order valence-electron chi connectivity index (χ2n) is 2.37. The maximum atomic E-state index is 8.62. The van der Waals surface area contributed by atoms with Gasteiger partial charge in [0.25, 0.3) is 0 Å². The maximum Gasteiger partial charge on any atom is 0.195 e. The van der Waals surface area contributed by atoms with Crippen molar-refractivity contribution in [3.63, 3.8) is 0 Å². The quantitative estimate of drug-likeness (QED) is 0.693. The van der Waals surface area contributed by atoms with Crippen LogP contribution in [0.1, 0.15) is 5.01 Å². The first-order valence-corrected chi connectivity index (χ1v) is 4.93. The Bertz CT molecular complexity index is 513. The van der Waals surface area contributed by atoms with Crippen LogP contribution in [0.3, 0.4) is 0 Å². The second-order valence-corrected chi connectivity index (χ2v) is 4.21. The van der Waals surface area contributed by atoms with Gasteiger partial charge in [0.2, 0.25) is 0 Å². The molecular weight excluding hydrogens is 227 g/mol. The molecule has 0 amide bonds. The minimum atomic E-state index is 0.402. The first kappa shape index (κ1) is 8.76. The smallest absolute Gasteiger partial charge is 0.195 e. The lowest BCUT2D eigenvalue weighted by atomic mass is 10.3. The predicted octanol–water partition coefficient (Wildman–Crippen LogP) is 3.47. The van der Waals surface area contributed by atoms with E-state index in [-0.39, 0.29) is 0 Å². The van der Waals surface area contributed by atoms with Gasteiger partial charge in [0, 0.05) is 5.02 Å². The molecule has 2 rings (SSSR count). The van der Waals surface area contributed by atoms with Crippen molar-refractivity contribution in [1.82, 2.24) is 4.98 Å². The predicted molar refractivity (Wildman–Crippen MR) is 54.4 cm³/mol. The van der Waals surface area contributed by atoms with E-state index in [1.54, 1.807) is 12.1 Å². The Labute approximate surface area is 88.3 Å². The number of fused-ring (bicyclic) bond motifs is 1. The highest BCUT2D eigenvalue weighted by Gasteiger charge is 2.07. The van der Waals surface area contributed by atoms with Gasteiger partial charge in [-0.15, -0.1) is 11.3 Å². The van der Waals surface area contributed by atoms with Gasteiger partial charge in [0.1, 0.15) is 6.07 Å². The van der Waals surface area contributed by atoms with E-state index in [4.69, 9.17) is 28.5 Å². The largest absolute Gasteiger partial charge is 0.226 e. The fourth-order valence-electron chi connectivity index (χ4n) is 1.01. The summed E-state index contributed by atoms with van der Waals surface area (Å²) in [4.78, 5) is 4.04. The van der Waals surface area contributed by atoms with Gasteiger partial charge in [0.05, 0.1) is 15.2 Å².